The average Bonchev–Trinajstić information content (AvgIpc) is 3.38. The Balaban J connectivity index is 1.39. The Bertz CT molecular complexity index is 1290. The van der Waals surface area contributed by atoms with Gasteiger partial charge in [-0.25, -0.2) is 0 Å². The number of nitrogens with zero attached hydrogens (tertiary/aromatic N) is 3. The zero-order valence-electron chi connectivity index (χ0n) is 20.7. The van der Waals surface area contributed by atoms with Crippen LogP contribution >= 0.6 is 0 Å². The Kier molecular flexibility index (Phi) is 5.83. The number of fused-ring (bicyclic) bond motifs is 4. The molecule has 1 saturated heterocycles. The zero-order valence-corrected chi connectivity index (χ0v) is 20.7. The van der Waals surface area contributed by atoms with Crippen molar-refractivity contribution < 1.29 is 14.7 Å². The minimum atomic E-state index is -0.706. The minimum absolute atomic E-state index is 0.00129. The molecule has 4 heterocycles. The molecule has 188 valence electrons. The lowest BCUT2D eigenvalue weighted by Crippen LogP contribution is -2.54. The van der Waals surface area contributed by atoms with Crippen LogP contribution in [-0.2, 0) is 29.1 Å². The number of aliphatic hydroxyl groups excluding tert-OH is 1. The number of carbonyl (C=O) groups excluding carboxylic acids is 2. The van der Waals surface area contributed by atoms with Crippen molar-refractivity contribution >= 4 is 17.9 Å². The summed E-state index contributed by atoms with van der Waals surface area (Å²) in [4.78, 5) is 44.8. The van der Waals surface area contributed by atoms with E-state index in [0.717, 1.165) is 36.9 Å². The van der Waals surface area contributed by atoms with Crippen LogP contribution in [0.25, 0.3) is 6.08 Å². The van der Waals surface area contributed by atoms with Gasteiger partial charge in [0, 0.05) is 55.3 Å². The van der Waals surface area contributed by atoms with Crippen LogP contribution in [0, 0.1) is 17.8 Å². The zero-order chi connectivity index (χ0) is 25.0. The third-order valence-corrected chi connectivity index (χ3v) is 8.86. The van der Waals surface area contributed by atoms with E-state index in [0.29, 0.717) is 25.2 Å². The van der Waals surface area contributed by atoms with Crippen molar-refractivity contribution in [1.82, 2.24) is 14.4 Å². The predicted octanol–water partition coefficient (Wildman–Crippen LogP) is 2.76. The highest BCUT2D eigenvalue weighted by atomic mass is 16.3. The van der Waals surface area contributed by atoms with Gasteiger partial charge in [-0.05, 0) is 49.4 Å². The second-order valence-electron chi connectivity index (χ2n) is 10.7. The summed E-state index contributed by atoms with van der Waals surface area (Å²) in [5, 5.41) is 10.6. The molecule has 0 radical (unpaired) electrons. The second kappa shape index (κ2) is 9.04. The molecule has 4 aliphatic rings. The third kappa shape index (κ3) is 3.47. The molecule has 1 saturated carbocycles. The fourth-order valence-electron chi connectivity index (χ4n) is 6.77. The van der Waals surface area contributed by atoms with Crippen molar-refractivity contribution in [2.24, 2.45) is 17.8 Å². The van der Waals surface area contributed by atoms with Gasteiger partial charge < -0.3 is 19.5 Å². The Morgan fingerprint density at radius 2 is 1.86 bits per heavy atom. The number of amides is 2. The minimum Gasteiger partial charge on any atom is -0.396 e. The van der Waals surface area contributed by atoms with E-state index in [-0.39, 0.29) is 41.9 Å². The molecule has 2 fully saturated rings. The molecular weight excluding hydrogens is 454 g/mol. The number of hydrogen-bond acceptors (Lipinski definition) is 4. The first-order valence-corrected chi connectivity index (χ1v) is 13.2. The highest BCUT2D eigenvalue weighted by Gasteiger charge is 2.58. The summed E-state index contributed by atoms with van der Waals surface area (Å²) in [5.74, 6) is -0.734. The topological polar surface area (TPSA) is 82.8 Å². The maximum atomic E-state index is 14.1. The van der Waals surface area contributed by atoms with Crippen molar-refractivity contribution in [3.8, 4) is 0 Å². The van der Waals surface area contributed by atoms with Crippen molar-refractivity contribution in [3.05, 3.63) is 75.2 Å². The van der Waals surface area contributed by atoms with Gasteiger partial charge in [0.15, 0.2) is 0 Å². The predicted molar refractivity (Wildman–Crippen MR) is 136 cm³/mol. The fourth-order valence-corrected chi connectivity index (χ4v) is 6.77. The molecule has 2 amide bonds. The van der Waals surface area contributed by atoms with Gasteiger partial charge >= 0.3 is 0 Å². The molecule has 1 aromatic heterocycles. The average molecular weight is 488 g/mol. The van der Waals surface area contributed by atoms with E-state index in [9.17, 15) is 19.5 Å². The number of rotatable bonds is 4. The van der Waals surface area contributed by atoms with E-state index in [1.807, 2.05) is 42.2 Å². The Morgan fingerprint density at radius 1 is 1.08 bits per heavy atom. The molecule has 2 aromatic rings. The first-order valence-electron chi connectivity index (χ1n) is 13.2. The summed E-state index contributed by atoms with van der Waals surface area (Å²) < 4.78 is 1.76. The maximum Gasteiger partial charge on any atom is 0.258 e. The van der Waals surface area contributed by atoms with Crippen LogP contribution in [0.2, 0.25) is 0 Å². The van der Waals surface area contributed by atoms with Gasteiger partial charge in [-0.3, -0.25) is 14.4 Å². The quantitative estimate of drug-likeness (QED) is 0.719. The summed E-state index contributed by atoms with van der Waals surface area (Å²) in [7, 11) is 0. The number of likely N-dealkylation sites (tertiary alicyclic amines) is 1. The van der Waals surface area contributed by atoms with E-state index in [2.05, 4.69) is 12.1 Å². The lowest BCUT2D eigenvalue weighted by Gasteiger charge is -2.39. The molecule has 4 atom stereocenters. The number of carbonyl (C=O) groups is 2. The summed E-state index contributed by atoms with van der Waals surface area (Å²) in [6.45, 7) is 3.22. The van der Waals surface area contributed by atoms with Crippen LogP contribution in [0.1, 0.15) is 54.6 Å². The largest absolute Gasteiger partial charge is 0.396 e. The molecule has 6 rings (SSSR count). The molecule has 0 bridgehead atoms. The number of allylic oxidation sites excluding steroid dienone is 1. The molecule has 3 aliphatic heterocycles. The fraction of sp³-hybridized carbons (Fsp3) is 0.483. The van der Waals surface area contributed by atoms with Crippen LogP contribution in [0.4, 0.5) is 0 Å². The number of aliphatic hydroxyl groups is 1. The first kappa shape index (κ1) is 23.2. The Labute approximate surface area is 211 Å². The Morgan fingerprint density at radius 3 is 2.56 bits per heavy atom. The summed E-state index contributed by atoms with van der Waals surface area (Å²) >= 11 is 0. The number of hydrogen-bond donors (Lipinski definition) is 1. The monoisotopic (exact) mass is 487 g/mol. The third-order valence-electron chi connectivity index (χ3n) is 8.86. The molecule has 0 spiro atoms. The van der Waals surface area contributed by atoms with Crippen molar-refractivity contribution in [2.45, 2.75) is 57.8 Å². The normalized spacial score (nSPS) is 27.1. The van der Waals surface area contributed by atoms with Crippen LogP contribution in [-0.4, -0.2) is 50.5 Å². The summed E-state index contributed by atoms with van der Waals surface area (Å²) in [5.41, 5.74) is 3.71. The first-order chi connectivity index (χ1) is 17.5. The number of aromatic nitrogens is 1. The molecule has 0 unspecified atom stereocenters. The molecule has 7 nitrogen and oxygen atoms in total. The van der Waals surface area contributed by atoms with Gasteiger partial charge in [0.2, 0.25) is 11.8 Å². The SMILES string of the molecule is C/C=C/c1ccc2n(c1=O)C[C@H]1[C@H](CO)[C@@H](C(=O)N3CCc4ccccc4C3)N(C(=O)C3CCC3)[C@@H]21. The molecular formula is C29H33N3O4. The molecule has 36 heavy (non-hydrogen) atoms. The smallest absolute Gasteiger partial charge is 0.258 e. The van der Waals surface area contributed by atoms with Crippen LogP contribution < -0.4 is 5.56 Å². The number of pyridine rings is 1. The van der Waals surface area contributed by atoms with Gasteiger partial charge in [-0.1, -0.05) is 42.8 Å². The molecule has 1 N–H and O–H groups in total. The molecule has 1 aromatic carbocycles. The van der Waals surface area contributed by atoms with E-state index in [1.165, 1.54) is 5.56 Å². The molecule has 1 aliphatic carbocycles. The Hall–Kier alpha value is -3.19. The van der Waals surface area contributed by atoms with E-state index >= 15 is 0 Å². The van der Waals surface area contributed by atoms with Crippen molar-refractivity contribution in [3.63, 3.8) is 0 Å². The maximum absolute atomic E-state index is 14.1. The van der Waals surface area contributed by atoms with Gasteiger partial charge in [0.1, 0.15) is 6.04 Å². The van der Waals surface area contributed by atoms with Crippen LogP contribution in [0.5, 0.6) is 0 Å². The van der Waals surface area contributed by atoms with Gasteiger partial charge in [0.25, 0.3) is 5.56 Å². The van der Waals surface area contributed by atoms with Crippen molar-refractivity contribution in [1.29, 1.82) is 0 Å². The van der Waals surface area contributed by atoms with E-state index in [4.69, 9.17) is 0 Å². The van der Waals surface area contributed by atoms with E-state index in [1.54, 1.807) is 15.5 Å². The van der Waals surface area contributed by atoms with Gasteiger partial charge in [0.05, 0.1) is 6.04 Å². The summed E-state index contributed by atoms with van der Waals surface area (Å²) in [6, 6.07) is 10.9. The van der Waals surface area contributed by atoms with E-state index < -0.39 is 12.0 Å². The highest BCUT2D eigenvalue weighted by Crippen LogP contribution is 2.51. The van der Waals surface area contributed by atoms with Gasteiger partial charge in [-0.2, -0.15) is 0 Å². The summed E-state index contributed by atoms with van der Waals surface area (Å²) in [6.07, 6.45) is 7.11. The second-order valence-corrected chi connectivity index (χ2v) is 10.7. The number of benzene rings is 1. The molecule has 7 heteroatoms. The standard InChI is InChI=1S/C29H33N3O4/c1-2-6-19-11-12-24-25-22(16-31(24)27(19)34)23(17-33)26(32(25)28(35)20-9-5-10-20)29(36)30-14-13-18-7-3-4-8-21(18)15-30/h2-4,6-8,11-12,20,22-23,25-26,33H,5,9-10,13-17H2,1H3/b6-2+/t22-,23-,25+,26-/m0/s1. The van der Waals surface area contributed by atoms with Gasteiger partial charge in [-0.15, -0.1) is 0 Å². The van der Waals surface area contributed by atoms with Crippen molar-refractivity contribution in [2.75, 3.05) is 13.2 Å². The van der Waals surface area contributed by atoms with Crippen LogP contribution in [0.15, 0.2) is 47.3 Å². The lowest BCUT2D eigenvalue weighted by molar-refractivity contribution is -0.151. The lowest BCUT2D eigenvalue weighted by atomic mass is 9.83. The highest BCUT2D eigenvalue weighted by molar-refractivity contribution is 5.90. The van der Waals surface area contributed by atoms with Crippen LogP contribution in [0.3, 0.4) is 0 Å².